The molecule has 100 valence electrons. The average molecular weight is 253 g/mol. The van der Waals surface area contributed by atoms with Crippen LogP contribution in [-0.2, 0) is 16.1 Å². The Labute approximate surface area is 106 Å². The van der Waals surface area contributed by atoms with Crippen LogP contribution >= 0.6 is 0 Å². The van der Waals surface area contributed by atoms with Crippen molar-refractivity contribution in [1.29, 1.82) is 0 Å². The van der Waals surface area contributed by atoms with Gasteiger partial charge in [0.25, 0.3) is 0 Å². The Morgan fingerprint density at radius 1 is 1.28 bits per heavy atom. The summed E-state index contributed by atoms with van der Waals surface area (Å²) in [6.07, 6.45) is 3.19. The molecule has 1 atom stereocenters. The summed E-state index contributed by atoms with van der Waals surface area (Å²) in [7, 11) is 0. The minimum Gasteiger partial charge on any atom is -0.350 e. The molecule has 7 nitrogen and oxygen atoms in total. The number of nitrogens with one attached hydrogen (secondary N) is 2. The van der Waals surface area contributed by atoms with Gasteiger partial charge < -0.3 is 10.6 Å². The smallest absolute Gasteiger partial charge is 0.239 e. The highest BCUT2D eigenvalue weighted by Crippen LogP contribution is 2.03. The lowest BCUT2D eigenvalue weighted by Gasteiger charge is -2.21. The van der Waals surface area contributed by atoms with E-state index in [-0.39, 0.29) is 30.3 Å². The summed E-state index contributed by atoms with van der Waals surface area (Å²) in [6, 6.07) is -0.0707. The van der Waals surface area contributed by atoms with Crippen molar-refractivity contribution in [3.63, 3.8) is 0 Å². The van der Waals surface area contributed by atoms with Crippen LogP contribution in [0.15, 0.2) is 12.4 Å². The highest BCUT2D eigenvalue weighted by molar-refractivity contribution is 5.83. The molecule has 0 aliphatic rings. The van der Waals surface area contributed by atoms with E-state index in [2.05, 4.69) is 20.8 Å². The number of amides is 2. The molecule has 1 aromatic heterocycles. The Balaban J connectivity index is 2.47. The van der Waals surface area contributed by atoms with Crippen molar-refractivity contribution in [3.05, 3.63) is 12.4 Å². The summed E-state index contributed by atoms with van der Waals surface area (Å²) >= 11 is 0. The Kier molecular flexibility index (Phi) is 5.29. The fourth-order valence-electron chi connectivity index (χ4n) is 1.40. The van der Waals surface area contributed by atoms with E-state index in [0.29, 0.717) is 6.54 Å². The second-order valence-corrected chi connectivity index (χ2v) is 4.41. The van der Waals surface area contributed by atoms with Crippen LogP contribution in [0.1, 0.15) is 20.8 Å². The first kappa shape index (κ1) is 14.1. The van der Waals surface area contributed by atoms with Gasteiger partial charge in [-0.05, 0) is 5.92 Å². The van der Waals surface area contributed by atoms with Crippen LogP contribution in [0.2, 0.25) is 0 Å². The van der Waals surface area contributed by atoms with Crippen LogP contribution in [0.5, 0.6) is 0 Å². The summed E-state index contributed by atoms with van der Waals surface area (Å²) < 4.78 is 0. The molecular weight excluding hydrogens is 234 g/mol. The number of aromatic nitrogens is 3. The normalized spacial score (nSPS) is 12.2. The molecule has 2 N–H and O–H groups in total. The molecule has 2 amide bonds. The van der Waals surface area contributed by atoms with Gasteiger partial charge >= 0.3 is 0 Å². The van der Waals surface area contributed by atoms with E-state index < -0.39 is 0 Å². The van der Waals surface area contributed by atoms with Gasteiger partial charge in [0.05, 0.1) is 31.5 Å². The zero-order valence-electron chi connectivity index (χ0n) is 10.9. The van der Waals surface area contributed by atoms with Gasteiger partial charge in [-0.3, -0.25) is 9.59 Å². The summed E-state index contributed by atoms with van der Waals surface area (Å²) in [4.78, 5) is 23.9. The summed E-state index contributed by atoms with van der Waals surface area (Å²) in [5, 5.41) is 13.3. The van der Waals surface area contributed by atoms with Gasteiger partial charge in [-0.2, -0.15) is 15.0 Å². The standard InChI is InChI=1S/C11H19N5O2/c1-8(2)10(7-16-13-4-5-14-16)15-11(18)6-12-9(3)17/h4-5,8,10H,6-7H2,1-3H3,(H,12,17)(H,15,18). The topological polar surface area (TPSA) is 88.9 Å². The first-order valence-corrected chi connectivity index (χ1v) is 5.87. The third kappa shape index (κ3) is 4.94. The zero-order valence-corrected chi connectivity index (χ0v) is 10.9. The molecular formula is C11H19N5O2. The molecule has 7 heteroatoms. The largest absolute Gasteiger partial charge is 0.350 e. The van der Waals surface area contributed by atoms with Crippen LogP contribution in [0.4, 0.5) is 0 Å². The second-order valence-electron chi connectivity index (χ2n) is 4.41. The molecule has 0 aliphatic heterocycles. The molecule has 0 spiro atoms. The molecule has 0 saturated carbocycles. The van der Waals surface area contributed by atoms with Crippen molar-refractivity contribution in [1.82, 2.24) is 25.6 Å². The number of carbonyl (C=O) groups excluding carboxylic acids is 2. The minimum absolute atomic E-state index is 0.00884. The van der Waals surface area contributed by atoms with Crippen LogP contribution in [-0.4, -0.2) is 39.4 Å². The van der Waals surface area contributed by atoms with Gasteiger partial charge in [0.2, 0.25) is 11.8 Å². The minimum atomic E-state index is -0.222. The maximum atomic E-state index is 11.6. The number of carbonyl (C=O) groups is 2. The van der Waals surface area contributed by atoms with Gasteiger partial charge in [-0.1, -0.05) is 13.8 Å². The molecule has 0 fully saturated rings. The van der Waals surface area contributed by atoms with Crippen LogP contribution in [0, 0.1) is 5.92 Å². The zero-order chi connectivity index (χ0) is 13.5. The number of hydrogen-bond donors (Lipinski definition) is 2. The van der Waals surface area contributed by atoms with Crippen LogP contribution < -0.4 is 10.6 Å². The van der Waals surface area contributed by atoms with Crippen molar-refractivity contribution in [2.24, 2.45) is 5.92 Å². The molecule has 0 saturated heterocycles. The molecule has 1 rings (SSSR count). The van der Waals surface area contributed by atoms with Gasteiger partial charge in [-0.25, -0.2) is 0 Å². The van der Waals surface area contributed by atoms with E-state index in [0.717, 1.165) is 0 Å². The van der Waals surface area contributed by atoms with E-state index in [1.54, 1.807) is 12.4 Å². The summed E-state index contributed by atoms with van der Waals surface area (Å²) in [5.41, 5.74) is 0. The highest BCUT2D eigenvalue weighted by atomic mass is 16.2. The average Bonchev–Trinajstić information content (AvgIpc) is 2.78. The summed E-state index contributed by atoms with van der Waals surface area (Å²) in [5.74, 6) is -0.187. The Bertz CT molecular complexity index is 388. The molecule has 1 heterocycles. The van der Waals surface area contributed by atoms with Crippen LogP contribution in [0.3, 0.4) is 0 Å². The lowest BCUT2D eigenvalue weighted by molar-refractivity contribution is -0.125. The molecule has 0 radical (unpaired) electrons. The maximum Gasteiger partial charge on any atom is 0.239 e. The number of nitrogens with zero attached hydrogens (tertiary/aromatic N) is 3. The molecule has 1 aromatic rings. The van der Waals surface area contributed by atoms with Crippen molar-refractivity contribution in [3.8, 4) is 0 Å². The Hall–Kier alpha value is -1.92. The fraction of sp³-hybridized carbons (Fsp3) is 0.636. The highest BCUT2D eigenvalue weighted by Gasteiger charge is 2.17. The number of hydrogen-bond acceptors (Lipinski definition) is 4. The molecule has 0 aromatic carbocycles. The van der Waals surface area contributed by atoms with Crippen LogP contribution in [0.25, 0.3) is 0 Å². The van der Waals surface area contributed by atoms with E-state index in [9.17, 15) is 9.59 Å². The molecule has 0 aliphatic carbocycles. The van der Waals surface area contributed by atoms with Gasteiger partial charge in [0.1, 0.15) is 0 Å². The quantitative estimate of drug-likeness (QED) is 0.719. The predicted molar refractivity (Wildman–Crippen MR) is 65.5 cm³/mol. The van der Waals surface area contributed by atoms with E-state index in [1.807, 2.05) is 13.8 Å². The van der Waals surface area contributed by atoms with Crippen molar-refractivity contribution in [2.75, 3.05) is 6.54 Å². The molecule has 0 bridgehead atoms. The maximum absolute atomic E-state index is 11.6. The van der Waals surface area contributed by atoms with Gasteiger partial charge in [-0.15, -0.1) is 0 Å². The third-order valence-electron chi connectivity index (χ3n) is 2.48. The van der Waals surface area contributed by atoms with Crippen molar-refractivity contribution < 1.29 is 9.59 Å². The molecule has 18 heavy (non-hydrogen) atoms. The summed E-state index contributed by atoms with van der Waals surface area (Å²) in [6.45, 7) is 5.89. The lowest BCUT2D eigenvalue weighted by atomic mass is 10.0. The third-order valence-corrected chi connectivity index (χ3v) is 2.48. The number of rotatable bonds is 6. The van der Waals surface area contributed by atoms with Crippen molar-refractivity contribution in [2.45, 2.75) is 33.4 Å². The van der Waals surface area contributed by atoms with E-state index in [1.165, 1.54) is 11.7 Å². The Morgan fingerprint density at radius 2 is 1.89 bits per heavy atom. The predicted octanol–water partition coefficient (Wildman–Crippen LogP) is -0.445. The van der Waals surface area contributed by atoms with Gasteiger partial charge in [0, 0.05) is 6.92 Å². The first-order chi connectivity index (χ1) is 8.49. The van der Waals surface area contributed by atoms with Gasteiger partial charge in [0.15, 0.2) is 0 Å². The molecule has 1 unspecified atom stereocenters. The van der Waals surface area contributed by atoms with Crippen molar-refractivity contribution >= 4 is 11.8 Å². The lowest BCUT2D eigenvalue weighted by Crippen LogP contribution is -2.46. The van der Waals surface area contributed by atoms with E-state index in [4.69, 9.17) is 0 Å². The SMILES string of the molecule is CC(=O)NCC(=O)NC(Cn1nccn1)C(C)C. The van der Waals surface area contributed by atoms with E-state index >= 15 is 0 Å². The monoisotopic (exact) mass is 253 g/mol. The fourth-order valence-corrected chi connectivity index (χ4v) is 1.40. The Morgan fingerprint density at radius 3 is 2.39 bits per heavy atom. The second kappa shape index (κ2) is 6.73. The first-order valence-electron chi connectivity index (χ1n) is 5.87.